The quantitative estimate of drug-likeness (QED) is 0.685. The largest absolute Gasteiger partial charge is 0.505 e. The number of ether oxygens (including phenoxy) is 2. The zero-order valence-corrected chi connectivity index (χ0v) is 17.2. The van der Waals surface area contributed by atoms with E-state index in [0.29, 0.717) is 17.6 Å². The summed E-state index contributed by atoms with van der Waals surface area (Å²) in [4.78, 5) is 21.5. The molecule has 9 heteroatoms. The molecule has 0 bridgehead atoms. The number of primary amides is 1. The van der Waals surface area contributed by atoms with Crippen molar-refractivity contribution in [3.05, 3.63) is 27.5 Å². The van der Waals surface area contributed by atoms with Crippen LogP contribution >= 0.6 is 0 Å². The third kappa shape index (κ3) is 2.65. The SMILES string of the molecule is CO[C@@H]1c2c(COC(N)=O)c3c4c(c(C)c(O)c3n2C[C@@H]1N)=N[C@@H]1CCCC[C@H]1N=4. The van der Waals surface area contributed by atoms with Gasteiger partial charge in [-0.3, -0.25) is 9.98 Å². The number of hydrogen-bond donors (Lipinski definition) is 3. The Balaban J connectivity index is 1.88. The average molecular weight is 413 g/mol. The van der Waals surface area contributed by atoms with Gasteiger partial charge in [-0.1, -0.05) is 12.8 Å². The number of fused-ring (bicyclic) bond motifs is 6. The van der Waals surface area contributed by atoms with Crippen LogP contribution in [0.5, 0.6) is 5.75 Å². The van der Waals surface area contributed by atoms with Crippen molar-refractivity contribution in [2.75, 3.05) is 7.11 Å². The highest BCUT2D eigenvalue weighted by Crippen LogP contribution is 2.41. The molecule has 1 saturated carbocycles. The van der Waals surface area contributed by atoms with Crippen LogP contribution in [0.2, 0.25) is 0 Å². The Hall–Kier alpha value is -2.65. The summed E-state index contributed by atoms with van der Waals surface area (Å²) in [5, 5.41) is 13.4. The van der Waals surface area contributed by atoms with Crippen molar-refractivity contribution in [2.45, 2.75) is 70.0 Å². The molecule has 2 aliphatic heterocycles. The fourth-order valence-electron chi connectivity index (χ4n) is 5.38. The zero-order valence-electron chi connectivity index (χ0n) is 17.2. The number of amides is 1. The van der Waals surface area contributed by atoms with Crippen molar-refractivity contribution in [1.82, 2.24) is 4.57 Å². The van der Waals surface area contributed by atoms with Crippen LogP contribution in [0.3, 0.4) is 0 Å². The van der Waals surface area contributed by atoms with Gasteiger partial charge in [0.15, 0.2) is 0 Å². The van der Waals surface area contributed by atoms with Crippen LogP contribution in [0, 0.1) is 6.92 Å². The number of carbonyl (C=O) groups is 1. The molecule has 4 atom stereocenters. The number of nitrogens with two attached hydrogens (primary N) is 2. The van der Waals surface area contributed by atoms with E-state index in [2.05, 4.69) is 0 Å². The van der Waals surface area contributed by atoms with Gasteiger partial charge in [-0.25, -0.2) is 4.79 Å². The molecule has 0 spiro atoms. The highest BCUT2D eigenvalue weighted by Gasteiger charge is 2.38. The maximum Gasteiger partial charge on any atom is 0.404 e. The predicted octanol–water partition coefficient (Wildman–Crippen LogP) is 0.843. The number of hydrogen-bond acceptors (Lipinski definition) is 7. The molecule has 9 nitrogen and oxygen atoms in total. The van der Waals surface area contributed by atoms with Gasteiger partial charge in [0.1, 0.15) is 18.5 Å². The maximum absolute atomic E-state index is 11.4. The summed E-state index contributed by atoms with van der Waals surface area (Å²) in [7, 11) is 1.60. The van der Waals surface area contributed by atoms with E-state index in [9.17, 15) is 9.90 Å². The molecule has 0 unspecified atom stereocenters. The van der Waals surface area contributed by atoms with Gasteiger partial charge in [0.25, 0.3) is 0 Å². The van der Waals surface area contributed by atoms with E-state index in [4.69, 9.17) is 30.9 Å². The summed E-state index contributed by atoms with van der Waals surface area (Å²) in [6.45, 7) is 2.31. The first-order valence-electron chi connectivity index (χ1n) is 10.4. The molecule has 1 amide bonds. The number of nitrogens with zero attached hydrogens (tertiary/aromatic N) is 3. The van der Waals surface area contributed by atoms with Crippen LogP contribution < -0.4 is 22.2 Å². The molecule has 0 saturated heterocycles. The Morgan fingerprint density at radius 1 is 1.23 bits per heavy atom. The van der Waals surface area contributed by atoms with E-state index in [0.717, 1.165) is 53.0 Å². The van der Waals surface area contributed by atoms with Gasteiger partial charge in [0.2, 0.25) is 0 Å². The van der Waals surface area contributed by atoms with Crippen molar-refractivity contribution in [3.63, 3.8) is 0 Å². The Labute approximate surface area is 173 Å². The van der Waals surface area contributed by atoms with Gasteiger partial charge in [0, 0.05) is 30.2 Å². The molecule has 0 radical (unpaired) electrons. The number of carbonyl (C=O) groups excluding carboxylic acids is 1. The number of benzene rings is 1. The smallest absolute Gasteiger partial charge is 0.404 e. The average Bonchev–Trinajstić information content (AvgIpc) is 3.21. The minimum atomic E-state index is -0.862. The van der Waals surface area contributed by atoms with Crippen LogP contribution in [0.4, 0.5) is 4.79 Å². The van der Waals surface area contributed by atoms with Gasteiger partial charge >= 0.3 is 6.09 Å². The first kappa shape index (κ1) is 19.3. The van der Waals surface area contributed by atoms with E-state index < -0.39 is 6.09 Å². The number of methoxy groups -OCH3 is 1. The van der Waals surface area contributed by atoms with Crippen molar-refractivity contribution >= 4 is 17.0 Å². The molecule has 1 fully saturated rings. The topological polar surface area (TPSA) is 137 Å². The summed E-state index contributed by atoms with van der Waals surface area (Å²) in [6.07, 6.45) is 3.05. The maximum atomic E-state index is 11.4. The van der Waals surface area contributed by atoms with Gasteiger partial charge in [-0.15, -0.1) is 0 Å². The lowest BCUT2D eigenvalue weighted by atomic mass is 9.89. The third-order valence-corrected chi connectivity index (χ3v) is 6.75. The highest BCUT2D eigenvalue weighted by atomic mass is 16.5. The van der Waals surface area contributed by atoms with E-state index in [-0.39, 0.29) is 36.6 Å². The van der Waals surface area contributed by atoms with Crippen LogP contribution in [0.1, 0.15) is 48.6 Å². The fourth-order valence-corrected chi connectivity index (χ4v) is 5.38. The lowest BCUT2D eigenvalue weighted by Crippen LogP contribution is -2.42. The van der Waals surface area contributed by atoms with Crippen LogP contribution in [0.25, 0.3) is 10.9 Å². The minimum absolute atomic E-state index is 0.0424. The summed E-state index contributed by atoms with van der Waals surface area (Å²) in [5.74, 6) is 0.160. The van der Waals surface area contributed by atoms with Gasteiger partial charge in [-0.2, -0.15) is 0 Å². The van der Waals surface area contributed by atoms with Crippen LogP contribution in [0.15, 0.2) is 9.98 Å². The summed E-state index contributed by atoms with van der Waals surface area (Å²) >= 11 is 0. The molecular weight excluding hydrogens is 386 g/mol. The Morgan fingerprint density at radius 2 is 1.90 bits per heavy atom. The molecule has 3 heterocycles. The Morgan fingerprint density at radius 3 is 2.53 bits per heavy atom. The second-order valence-corrected chi connectivity index (χ2v) is 8.47. The molecule has 1 aromatic heterocycles. The molecule has 160 valence electrons. The second kappa shape index (κ2) is 6.95. The Bertz CT molecular complexity index is 1170. The van der Waals surface area contributed by atoms with Crippen LogP contribution in [-0.2, 0) is 22.6 Å². The van der Waals surface area contributed by atoms with Crippen molar-refractivity contribution in [3.8, 4) is 5.75 Å². The van der Waals surface area contributed by atoms with E-state index in [1.54, 1.807) is 7.11 Å². The van der Waals surface area contributed by atoms with Crippen molar-refractivity contribution < 1.29 is 19.4 Å². The molecular formula is C21H27N5O4. The fraction of sp³-hybridized carbons (Fsp3) is 0.571. The molecule has 3 aliphatic rings. The number of phenolic OH excluding ortho intramolecular Hbond substituents is 1. The summed E-state index contributed by atoms with van der Waals surface area (Å²) in [5.41, 5.74) is 14.4. The standard InChI is InChI=1S/C21H27N5O4/c1-9-15-16(25-13-6-4-3-5-12(13)24-15)14-10(8-30-21(23)28)17-20(29-2)11(22)7-26(17)18(14)19(9)27/h11-13,20,27H,3-8,22H2,1-2H3,(H2,23,28)/t11-,12+,13+,20-/m0/s1. The molecule has 5 rings (SSSR count). The number of phenols is 1. The van der Waals surface area contributed by atoms with Gasteiger partial charge < -0.3 is 30.6 Å². The van der Waals surface area contributed by atoms with E-state index in [1.807, 2.05) is 11.5 Å². The van der Waals surface area contributed by atoms with E-state index >= 15 is 0 Å². The third-order valence-electron chi connectivity index (χ3n) is 6.75. The number of aromatic hydroxyl groups is 1. The Kier molecular flexibility index (Phi) is 4.48. The van der Waals surface area contributed by atoms with E-state index in [1.165, 1.54) is 0 Å². The first-order chi connectivity index (χ1) is 14.4. The normalized spacial score (nSPS) is 27.0. The predicted molar refractivity (Wildman–Crippen MR) is 109 cm³/mol. The molecule has 2 aromatic rings. The second-order valence-electron chi connectivity index (χ2n) is 8.47. The summed E-state index contributed by atoms with van der Waals surface area (Å²) < 4.78 is 12.8. The first-order valence-corrected chi connectivity index (χ1v) is 10.4. The van der Waals surface area contributed by atoms with Crippen molar-refractivity contribution in [2.24, 2.45) is 21.5 Å². The lowest BCUT2D eigenvalue weighted by molar-refractivity contribution is 0.0878. The van der Waals surface area contributed by atoms with Crippen molar-refractivity contribution in [1.29, 1.82) is 0 Å². The molecule has 5 N–H and O–H groups in total. The molecule has 1 aliphatic carbocycles. The molecule has 30 heavy (non-hydrogen) atoms. The summed E-state index contributed by atoms with van der Waals surface area (Å²) in [6, 6.07) is 0.0158. The number of aromatic nitrogens is 1. The van der Waals surface area contributed by atoms with Crippen LogP contribution in [-0.4, -0.2) is 41.0 Å². The lowest BCUT2D eigenvalue weighted by Gasteiger charge is -2.28. The highest BCUT2D eigenvalue weighted by molar-refractivity contribution is 5.91. The number of rotatable bonds is 3. The monoisotopic (exact) mass is 413 g/mol. The van der Waals surface area contributed by atoms with Gasteiger partial charge in [-0.05, 0) is 19.8 Å². The minimum Gasteiger partial charge on any atom is -0.505 e. The van der Waals surface area contributed by atoms with Gasteiger partial charge in [0.05, 0.1) is 40.1 Å². The molecule has 1 aromatic carbocycles. The zero-order chi connectivity index (χ0) is 21.2.